The Balaban J connectivity index is 1.64. The zero-order valence-electron chi connectivity index (χ0n) is 14.7. The minimum absolute atomic E-state index is 0.0128. The van der Waals surface area contributed by atoms with Crippen LogP contribution in [0.1, 0.15) is 31.2 Å². The van der Waals surface area contributed by atoms with E-state index in [4.69, 9.17) is 21.1 Å². The van der Waals surface area contributed by atoms with Crippen molar-refractivity contribution >= 4 is 34.4 Å². The summed E-state index contributed by atoms with van der Waals surface area (Å²) in [7, 11) is 1.59. The lowest BCUT2D eigenvalue weighted by molar-refractivity contribution is -0.150. The fourth-order valence-corrected chi connectivity index (χ4v) is 3.16. The maximum atomic E-state index is 12.1. The molecule has 1 fully saturated rings. The van der Waals surface area contributed by atoms with E-state index in [-0.39, 0.29) is 24.2 Å². The van der Waals surface area contributed by atoms with E-state index in [1.165, 1.54) is 0 Å². The van der Waals surface area contributed by atoms with Gasteiger partial charge < -0.3 is 14.4 Å². The number of esters is 1. The van der Waals surface area contributed by atoms with Gasteiger partial charge in [-0.3, -0.25) is 9.59 Å². The van der Waals surface area contributed by atoms with Crippen LogP contribution in [0.5, 0.6) is 5.75 Å². The molecule has 1 amide bonds. The van der Waals surface area contributed by atoms with Crippen molar-refractivity contribution in [2.75, 3.05) is 20.2 Å². The van der Waals surface area contributed by atoms with Crippen LogP contribution in [-0.4, -0.2) is 42.0 Å². The summed E-state index contributed by atoms with van der Waals surface area (Å²) in [6, 6.07) is 7.34. The number of ether oxygens (including phenoxy) is 2. The van der Waals surface area contributed by atoms with Gasteiger partial charge in [0.25, 0.3) is 0 Å². The molecule has 1 aliphatic heterocycles. The van der Waals surface area contributed by atoms with Crippen LogP contribution < -0.4 is 4.74 Å². The van der Waals surface area contributed by atoms with Crippen molar-refractivity contribution < 1.29 is 19.1 Å². The monoisotopic (exact) mass is 376 g/mol. The number of hydrogen-bond acceptors (Lipinski definition) is 5. The van der Waals surface area contributed by atoms with Gasteiger partial charge in [0.1, 0.15) is 24.1 Å². The number of aromatic nitrogens is 1. The molecule has 1 saturated heterocycles. The molecular formula is C19H21ClN2O4. The van der Waals surface area contributed by atoms with Gasteiger partial charge in [0.2, 0.25) is 5.91 Å². The topological polar surface area (TPSA) is 68.7 Å². The molecule has 0 unspecified atom stereocenters. The Morgan fingerprint density at radius 2 is 2.12 bits per heavy atom. The minimum Gasteiger partial charge on any atom is -0.497 e. The molecule has 0 spiro atoms. The second kappa shape index (κ2) is 8.36. The number of hydrogen-bond donors (Lipinski definition) is 0. The van der Waals surface area contributed by atoms with Crippen molar-refractivity contribution in [2.45, 2.75) is 32.3 Å². The number of amides is 1. The summed E-state index contributed by atoms with van der Waals surface area (Å²) in [5.74, 6) is 0.271. The zero-order valence-corrected chi connectivity index (χ0v) is 15.4. The molecule has 0 radical (unpaired) electrons. The van der Waals surface area contributed by atoms with Crippen molar-refractivity contribution in [3.63, 3.8) is 0 Å². The molecule has 2 aromatic rings. The van der Waals surface area contributed by atoms with Gasteiger partial charge in [-0.05, 0) is 31.0 Å². The highest BCUT2D eigenvalue weighted by molar-refractivity contribution is 6.30. The normalized spacial score (nSPS) is 15.0. The molecule has 6 nitrogen and oxygen atoms in total. The average molecular weight is 377 g/mol. The Hall–Kier alpha value is -2.34. The molecule has 0 N–H and O–H groups in total. The zero-order chi connectivity index (χ0) is 18.5. The van der Waals surface area contributed by atoms with E-state index < -0.39 is 5.97 Å². The molecule has 0 bridgehead atoms. The fraction of sp³-hybridized carbons (Fsp3) is 0.421. The lowest BCUT2D eigenvalue weighted by Gasteiger charge is -2.19. The Kier molecular flexibility index (Phi) is 5.93. The number of pyridine rings is 1. The summed E-state index contributed by atoms with van der Waals surface area (Å²) >= 11 is 6.21. The molecule has 1 aromatic heterocycles. The second-order valence-corrected chi connectivity index (χ2v) is 6.64. The highest BCUT2D eigenvalue weighted by Crippen LogP contribution is 2.24. The van der Waals surface area contributed by atoms with Crippen molar-refractivity contribution in [2.24, 2.45) is 0 Å². The van der Waals surface area contributed by atoms with Crippen LogP contribution in [0.4, 0.5) is 0 Å². The van der Waals surface area contributed by atoms with E-state index >= 15 is 0 Å². The van der Waals surface area contributed by atoms with Gasteiger partial charge in [0.15, 0.2) is 0 Å². The van der Waals surface area contributed by atoms with Crippen LogP contribution in [0.2, 0.25) is 5.15 Å². The summed E-state index contributed by atoms with van der Waals surface area (Å²) in [5, 5.41) is 1.16. The first kappa shape index (κ1) is 18.5. The van der Waals surface area contributed by atoms with Gasteiger partial charge in [-0.15, -0.1) is 0 Å². The number of methoxy groups -OCH3 is 1. The third kappa shape index (κ3) is 4.43. The Bertz CT molecular complexity index is 825. The Labute approximate surface area is 157 Å². The van der Waals surface area contributed by atoms with Gasteiger partial charge in [-0.25, -0.2) is 4.98 Å². The first-order valence-corrected chi connectivity index (χ1v) is 9.01. The van der Waals surface area contributed by atoms with Crippen LogP contribution in [0.25, 0.3) is 10.9 Å². The second-order valence-electron chi connectivity index (χ2n) is 6.28. The molecule has 7 heteroatoms. The number of likely N-dealkylation sites (tertiary alicyclic amines) is 1. The maximum absolute atomic E-state index is 12.1. The summed E-state index contributed by atoms with van der Waals surface area (Å²) in [6.07, 6.45) is 3.31. The molecule has 2 heterocycles. The predicted octanol–water partition coefficient (Wildman–Crippen LogP) is 3.34. The molecule has 1 aromatic carbocycles. The van der Waals surface area contributed by atoms with Gasteiger partial charge in [0, 0.05) is 30.0 Å². The molecule has 138 valence electrons. The molecular weight excluding hydrogens is 356 g/mol. The third-order valence-corrected chi connectivity index (χ3v) is 4.76. The van der Waals surface area contributed by atoms with E-state index in [0.717, 1.165) is 24.6 Å². The smallest absolute Gasteiger partial charge is 0.325 e. The molecule has 3 rings (SSSR count). The lowest BCUT2D eigenvalue weighted by atomic mass is 10.1. The predicted molar refractivity (Wildman–Crippen MR) is 98.1 cm³/mol. The summed E-state index contributed by atoms with van der Waals surface area (Å²) in [6.45, 7) is 0.609. The maximum Gasteiger partial charge on any atom is 0.325 e. The number of fused-ring (bicyclic) bond motifs is 1. The molecule has 26 heavy (non-hydrogen) atoms. The number of carbonyl (C=O) groups is 2. The Morgan fingerprint density at radius 1 is 1.27 bits per heavy atom. The fourth-order valence-electron chi connectivity index (χ4n) is 2.96. The van der Waals surface area contributed by atoms with Crippen LogP contribution >= 0.6 is 11.6 Å². The summed E-state index contributed by atoms with van der Waals surface area (Å²) < 4.78 is 10.5. The first-order valence-electron chi connectivity index (χ1n) is 8.63. The largest absolute Gasteiger partial charge is 0.497 e. The standard InChI is InChI=1S/C19H21ClN2O4/c1-25-15-7-6-13-9-14(19(20)21-16(13)10-15)12-26-18(24)11-22-8-4-2-3-5-17(22)23/h6-7,9-10H,2-5,8,11-12H2,1H3. The van der Waals surface area contributed by atoms with Crippen molar-refractivity contribution in [1.82, 2.24) is 9.88 Å². The van der Waals surface area contributed by atoms with Crippen LogP contribution in [-0.2, 0) is 20.9 Å². The van der Waals surface area contributed by atoms with Gasteiger partial charge in [0.05, 0.1) is 12.6 Å². The van der Waals surface area contributed by atoms with Crippen molar-refractivity contribution in [1.29, 1.82) is 0 Å². The van der Waals surface area contributed by atoms with Gasteiger partial charge in [-0.1, -0.05) is 18.0 Å². The van der Waals surface area contributed by atoms with Crippen molar-refractivity contribution in [3.05, 3.63) is 35.0 Å². The molecule has 0 atom stereocenters. The first-order chi connectivity index (χ1) is 12.6. The summed E-state index contributed by atoms with van der Waals surface area (Å²) in [4.78, 5) is 30.0. The molecule has 0 aliphatic carbocycles. The van der Waals surface area contributed by atoms with Crippen LogP contribution in [0, 0.1) is 0 Å². The van der Waals surface area contributed by atoms with E-state index in [1.54, 1.807) is 18.1 Å². The third-order valence-electron chi connectivity index (χ3n) is 4.43. The SMILES string of the molecule is COc1ccc2cc(COC(=O)CN3CCCCCC3=O)c(Cl)nc2c1. The minimum atomic E-state index is -0.439. The average Bonchev–Trinajstić information content (AvgIpc) is 2.84. The highest BCUT2D eigenvalue weighted by atomic mass is 35.5. The number of halogens is 1. The highest BCUT2D eigenvalue weighted by Gasteiger charge is 2.20. The van der Waals surface area contributed by atoms with Crippen LogP contribution in [0.3, 0.4) is 0 Å². The number of rotatable bonds is 5. The number of benzene rings is 1. The van der Waals surface area contributed by atoms with Gasteiger partial charge in [-0.2, -0.15) is 0 Å². The van der Waals surface area contributed by atoms with Gasteiger partial charge >= 0.3 is 5.97 Å². The number of carbonyl (C=O) groups excluding carboxylic acids is 2. The van der Waals surface area contributed by atoms with E-state index in [0.29, 0.717) is 29.8 Å². The summed E-state index contributed by atoms with van der Waals surface area (Å²) in [5.41, 5.74) is 1.33. The van der Waals surface area contributed by atoms with Crippen LogP contribution in [0.15, 0.2) is 24.3 Å². The molecule has 0 saturated carbocycles. The molecule has 1 aliphatic rings. The Morgan fingerprint density at radius 3 is 2.92 bits per heavy atom. The quantitative estimate of drug-likeness (QED) is 0.591. The lowest BCUT2D eigenvalue weighted by Crippen LogP contribution is -2.35. The van der Waals surface area contributed by atoms with Crippen molar-refractivity contribution in [3.8, 4) is 5.75 Å². The van der Waals surface area contributed by atoms with E-state index in [9.17, 15) is 9.59 Å². The number of nitrogens with zero attached hydrogens (tertiary/aromatic N) is 2. The van der Waals surface area contributed by atoms with E-state index in [1.807, 2.05) is 18.2 Å². The van der Waals surface area contributed by atoms with E-state index in [2.05, 4.69) is 4.98 Å².